The summed E-state index contributed by atoms with van der Waals surface area (Å²) in [7, 11) is 0. The van der Waals surface area contributed by atoms with Crippen LogP contribution in [0.1, 0.15) is 39.7 Å². The maximum atomic E-state index is 12.9. The lowest BCUT2D eigenvalue weighted by molar-refractivity contribution is 0.0992. The minimum absolute atomic E-state index is 0.0641. The van der Waals surface area contributed by atoms with Crippen molar-refractivity contribution in [3.05, 3.63) is 63.5 Å². The van der Waals surface area contributed by atoms with E-state index < -0.39 is 0 Å². The monoisotopic (exact) mass is 376 g/mol. The van der Waals surface area contributed by atoms with Crippen LogP contribution in [0.15, 0.2) is 36.9 Å². The zero-order valence-electron chi connectivity index (χ0n) is 14.8. The van der Waals surface area contributed by atoms with E-state index in [9.17, 15) is 4.79 Å². The van der Waals surface area contributed by atoms with E-state index in [0.29, 0.717) is 22.0 Å². The summed E-state index contributed by atoms with van der Waals surface area (Å²) in [6, 6.07) is 7.38. The van der Waals surface area contributed by atoms with E-state index in [2.05, 4.69) is 18.4 Å². The van der Waals surface area contributed by atoms with Crippen molar-refractivity contribution >= 4 is 33.7 Å². The van der Waals surface area contributed by atoms with Gasteiger partial charge in [-0.2, -0.15) is 0 Å². The molecular weight excluding hydrogens is 352 g/mol. The standard InChI is InChI=1S/C20H25ClN2OS/c1-4-10-23(11-5-2)13-17-14(3)25-20(22)19(17)18(24)12-15-6-8-16(21)9-7-15/h4,6-9H,1,5,10-13,22H2,2-3H3. The fourth-order valence-corrected chi connectivity index (χ4v) is 4.02. The highest BCUT2D eigenvalue weighted by Crippen LogP contribution is 2.32. The van der Waals surface area contributed by atoms with Crippen LogP contribution in [0.4, 0.5) is 5.00 Å². The van der Waals surface area contributed by atoms with Gasteiger partial charge in [0.25, 0.3) is 0 Å². The van der Waals surface area contributed by atoms with Crippen molar-refractivity contribution in [2.45, 2.75) is 33.2 Å². The van der Waals surface area contributed by atoms with Gasteiger partial charge in [0, 0.05) is 29.4 Å². The Labute approximate surface area is 159 Å². The van der Waals surface area contributed by atoms with Crippen LogP contribution in [0.3, 0.4) is 0 Å². The number of thiophene rings is 1. The first-order valence-corrected chi connectivity index (χ1v) is 9.64. The van der Waals surface area contributed by atoms with Crippen LogP contribution in [-0.4, -0.2) is 23.8 Å². The minimum atomic E-state index is 0.0641. The molecule has 1 aromatic carbocycles. The molecule has 0 spiro atoms. The summed E-state index contributed by atoms with van der Waals surface area (Å²) in [6.07, 6.45) is 3.29. The Morgan fingerprint density at radius 2 is 2.04 bits per heavy atom. The van der Waals surface area contributed by atoms with Gasteiger partial charge in [-0.25, -0.2) is 0 Å². The molecule has 5 heteroatoms. The summed E-state index contributed by atoms with van der Waals surface area (Å²) >= 11 is 7.42. The van der Waals surface area contributed by atoms with Gasteiger partial charge in [0.2, 0.25) is 0 Å². The SMILES string of the molecule is C=CCN(CCC)Cc1c(C)sc(N)c1C(=O)Cc1ccc(Cl)cc1. The molecule has 2 N–H and O–H groups in total. The molecule has 2 rings (SSSR count). The zero-order valence-corrected chi connectivity index (χ0v) is 16.4. The van der Waals surface area contributed by atoms with E-state index in [1.54, 1.807) is 12.1 Å². The normalized spacial score (nSPS) is 11.0. The predicted molar refractivity (Wildman–Crippen MR) is 109 cm³/mol. The lowest BCUT2D eigenvalue weighted by Gasteiger charge is -2.20. The van der Waals surface area contributed by atoms with Crippen LogP contribution in [0, 0.1) is 6.92 Å². The van der Waals surface area contributed by atoms with E-state index in [0.717, 1.165) is 42.1 Å². The van der Waals surface area contributed by atoms with E-state index >= 15 is 0 Å². The molecule has 0 saturated heterocycles. The number of rotatable bonds is 9. The third kappa shape index (κ3) is 5.18. The van der Waals surface area contributed by atoms with Gasteiger partial charge in [0.05, 0.1) is 10.6 Å². The number of halogens is 1. The second-order valence-electron chi connectivity index (χ2n) is 6.13. The highest BCUT2D eigenvalue weighted by Gasteiger charge is 2.22. The second-order valence-corrected chi connectivity index (χ2v) is 7.82. The number of nitrogens with two attached hydrogens (primary N) is 1. The molecule has 0 aliphatic heterocycles. The van der Waals surface area contributed by atoms with Gasteiger partial charge in [-0.1, -0.05) is 36.7 Å². The second kappa shape index (κ2) is 9.18. The molecule has 3 nitrogen and oxygen atoms in total. The van der Waals surface area contributed by atoms with Crippen LogP contribution in [0.25, 0.3) is 0 Å². The van der Waals surface area contributed by atoms with E-state index in [1.807, 2.05) is 25.1 Å². The molecule has 2 aromatic rings. The van der Waals surface area contributed by atoms with Gasteiger partial charge in [0.1, 0.15) is 0 Å². The molecule has 0 aliphatic carbocycles. The van der Waals surface area contributed by atoms with E-state index in [-0.39, 0.29) is 5.78 Å². The predicted octanol–water partition coefficient (Wildman–Crippen LogP) is 5.12. The number of nitrogen functional groups attached to an aromatic ring is 1. The highest BCUT2D eigenvalue weighted by atomic mass is 35.5. The Kier molecular flexibility index (Phi) is 7.24. The molecule has 25 heavy (non-hydrogen) atoms. The van der Waals surface area contributed by atoms with Crippen molar-refractivity contribution in [3.63, 3.8) is 0 Å². The molecule has 0 aliphatic rings. The molecule has 0 bridgehead atoms. The summed E-state index contributed by atoms with van der Waals surface area (Å²) in [5.74, 6) is 0.0641. The number of hydrogen-bond donors (Lipinski definition) is 1. The third-order valence-electron chi connectivity index (χ3n) is 4.10. The Morgan fingerprint density at radius 1 is 1.36 bits per heavy atom. The van der Waals surface area contributed by atoms with E-state index in [1.165, 1.54) is 11.3 Å². The maximum Gasteiger partial charge on any atom is 0.170 e. The van der Waals surface area contributed by atoms with Gasteiger partial charge >= 0.3 is 0 Å². The smallest absolute Gasteiger partial charge is 0.170 e. The highest BCUT2D eigenvalue weighted by molar-refractivity contribution is 7.16. The Morgan fingerprint density at radius 3 is 2.64 bits per heavy atom. The van der Waals surface area contributed by atoms with Gasteiger partial charge in [-0.15, -0.1) is 17.9 Å². The summed E-state index contributed by atoms with van der Waals surface area (Å²) in [4.78, 5) is 16.3. The van der Waals surface area contributed by atoms with Crippen LogP contribution >= 0.6 is 22.9 Å². The number of aryl methyl sites for hydroxylation is 1. The minimum Gasteiger partial charge on any atom is -0.390 e. The molecular formula is C20H25ClN2OS. The Balaban J connectivity index is 2.25. The van der Waals surface area contributed by atoms with Crippen molar-refractivity contribution < 1.29 is 4.79 Å². The van der Waals surface area contributed by atoms with Gasteiger partial charge < -0.3 is 5.73 Å². The van der Waals surface area contributed by atoms with Crippen LogP contribution in [-0.2, 0) is 13.0 Å². The lowest BCUT2D eigenvalue weighted by Crippen LogP contribution is -2.25. The molecule has 1 heterocycles. The van der Waals surface area contributed by atoms with Gasteiger partial charge in [-0.3, -0.25) is 9.69 Å². The van der Waals surface area contributed by atoms with E-state index in [4.69, 9.17) is 17.3 Å². The number of hydrogen-bond acceptors (Lipinski definition) is 4. The molecule has 0 saturated carbocycles. The quantitative estimate of drug-likeness (QED) is 0.488. The first kappa shape index (κ1) is 19.7. The molecule has 0 amide bonds. The summed E-state index contributed by atoms with van der Waals surface area (Å²) in [6.45, 7) is 10.5. The number of nitrogens with zero attached hydrogens (tertiary/aromatic N) is 1. The number of Topliss-reactive ketones (excluding diaryl/α,β-unsaturated/α-hetero) is 1. The Bertz CT molecular complexity index is 737. The van der Waals surface area contributed by atoms with Gasteiger partial charge in [0.15, 0.2) is 5.78 Å². The van der Waals surface area contributed by atoms with Crippen LogP contribution in [0.2, 0.25) is 5.02 Å². The van der Waals surface area contributed by atoms with Crippen molar-refractivity contribution in [1.82, 2.24) is 4.90 Å². The summed E-state index contributed by atoms with van der Waals surface area (Å²) in [5.41, 5.74) is 8.86. The molecule has 0 radical (unpaired) electrons. The topological polar surface area (TPSA) is 46.3 Å². The number of ketones is 1. The number of benzene rings is 1. The maximum absolute atomic E-state index is 12.9. The van der Waals surface area contributed by atoms with Crippen molar-refractivity contribution in [1.29, 1.82) is 0 Å². The average molecular weight is 377 g/mol. The first-order valence-electron chi connectivity index (χ1n) is 8.44. The van der Waals surface area contributed by atoms with Crippen molar-refractivity contribution in [3.8, 4) is 0 Å². The average Bonchev–Trinajstić information content (AvgIpc) is 2.84. The van der Waals surface area contributed by atoms with Crippen molar-refractivity contribution in [2.75, 3.05) is 18.8 Å². The van der Waals surface area contributed by atoms with Crippen LogP contribution in [0.5, 0.6) is 0 Å². The molecule has 0 unspecified atom stereocenters. The fourth-order valence-electron chi connectivity index (χ4n) is 2.93. The number of anilines is 1. The molecule has 0 fully saturated rings. The molecule has 0 atom stereocenters. The zero-order chi connectivity index (χ0) is 18.4. The van der Waals surface area contributed by atoms with Crippen LogP contribution < -0.4 is 5.73 Å². The molecule has 1 aromatic heterocycles. The van der Waals surface area contributed by atoms with Crippen molar-refractivity contribution in [2.24, 2.45) is 0 Å². The fraction of sp³-hybridized carbons (Fsp3) is 0.350. The summed E-state index contributed by atoms with van der Waals surface area (Å²) in [5, 5.41) is 1.28. The summed E-state index contributed by atoms with van der Waals surface area (Å²) < 4.78 is 0. The number of carbonyl (C=O) groups excluding carboxylic acids is 1. The van der Waals surface area contributed by atoms with Gasteiger partial charge in [-0.05, 0) is 43.1 Å². The Hall–Kier alpha value is -1.62. The largest absolute Gasteiger partial charge is 0.390 e. The lowest BCUT2D eigenvalue weighted by atomic mass is 10.00. The first-order chi connectivity index (χ1) is 12.0. The third-order valence-corrected chi connectivity index (χ3v) is 5.33. The number of carbonyl (C=O) groups is 1. The molecule has 134 valence electrons.